The Labute approximate surface area is 199 Å². The van der Waals surface area contributed by atoms with Gasteiger partial charge in [-0.3, -0.25) is 4.90 Å². The second kappa shape index (κ2) is 10.5. The lowest BCUT2D eigenvalue weighted by atomic mass is 9.86. The molecule has 2 heterocycles. The monoisotopic (exact) mass is 496 g/mol. The molecule has 0 aliphatic carbocycles. The van der Waals surface area contributed by atoms with Crippen LogP contribution in [0, 0.1) is 0 Å². The van der Waals surface area contributed by atoms with Crippen LogP contribution in [0.25, 0.3) is 0 Å². The number of carbonyl (C=O) groups excluding carboxylic acids is 1. The van der Waals surface area contributed by atoms with E-state index in [9.17, 15) is 18.3 Å². The molecule has 1 aromatic carbocycles. The van der Waals surface area contributed by atoms with E-state index >= 15 is 0 Å². The molecule has 3 rings (SSSR count). The number of para-hydroxylation sites is 1. The molecule has 1 N–H and O–H groups in total. The summed E-state index contributed by atoms with van der Waals surface area (Å²) in [5, 5.41) is 12.0. The van der Waals surface area contributed by atoms with Crippen LogP contribution >= 0.6 is 11.3 Å². The smallest absolute Gasteiger partial charge is 0.338 e. The fourth-order valence-corrected chi connectivity index (χ4v) is 6.43. The Morgan fingerprint density at radius 1 is 1.18 bits per heavy atom. The number of ether oxygens (including phenoxy) is 2. The van der Waals surface area contributed by atoms with E-state index in [0.29, 0.717) is 32.7 Å². The highest BCUT2D eigenvalue weighted by molar-refractivity contribution is 7.91. The van der Waals surface area contributed by atoms with E-state index in [1.807, 2.05) is 29.2 Å². The van der Waals surface area contributed by atoms with Crippen molar-refractivity contribution in [1.29, 1.82) is 0 Å². The van der Waals surface area contributed by atoms with E-state index in [0.717, 1.165) is 22.6 Å². The zero-order valence-corrected chi connectivity index (χ0v) is 21.1. The maximum atomic E-state index is 12.9. The molecule has 1 saturated heterocycles. The number of thiophene rings is 1. The van der Waals surface area contributed by atoms with E-state index in [1.54, 1.807) is 0 Å². The first-order chi connectivity index (χ1) is 15.5. The third kappa shape index (κ3) is 6.33. The first-order valence-corrected chi connectivity index (χ1v) is 13.1. The number of hydrogen-bond acceptors (Lipinski definition) is 8. The lowest BCUT2D eigenvalue weighted by Crippen LogP contribution is -2.50. The van der Waals surface area contributed by atoms with E-state index in [4.69, 9.17) is 4.74 Å². The second-order valence-electron chi connectivity index (χ2n) is 9.06. The van der Waals surface area contributed by atoms with Gasteiger partial charge in [0, 0.05) is 38.1 Å². The molecule has 0 amide bonds. The van der Waals surface area contributed by atoms with Crippen LogP contribution < -0.4 is 4.74 Å². The van der Waals surface area contributed by atoms with E-state index in [1.165, 1.54) is 22.9 Å². The predicted molar refractivity (Wildman–Crippen MR) is 128 cm³/mol. The number of esters is 1. The molecule has 2 aromatic rings. The van der Waals surface area contributed by atoms with Crippen LogP contribution in [0.4, 0.5) is 0 Å². The number of aliphatic hydroxyl groups excluding tert-OH is 1. The summed E-state index contributed by atoms with van der Waals surface area (Å²) in [7, 11) is -2.41. The summed E-state index contributed by atoms with van der Waals surface area (Å²) in [6.45, 7) is 8.55. The second-order valence-corrected chi connectivity index (χ2v) is 12.1. The molecular weight excluding hydrogens is 464 g/mol. The molecule has 1 aromatic heterocycles. The Hall–Kier alpha value is -1.98. The number of aliphatic hydroxyl groups is 1. The number of methoxy groups -OCH3 is 1. The summed E-state index contributed by atoms with van der Waals surface area (Å²) in [6.07, 6.45) is -0.693. The number of sulfonamides is 1. The van der Waals surface area contributed by atoms with Gasteiger partial charge in [0.25, 0.3) is 10.0 Å². The molecule has 0 spiro atoms. The Balaban J connectivity index is 1.51. The van der Waals surface area contributed by atoms with Gasteiger partial charge in [-0.15, -0.1) is 11.3 Å². The van der Waals surface area contributed by atoms with Crippen molar-refractivity contribution in [3.8, 4) is 5.75 Å². The molecule has 1 unspecified atom stereocenters. The van der Waals surface area contributed by atoms with Crippen LogP contribution in [0.15, 0.2) is 39.9 Å². The van der Waals surface area contributed by atoms with Gasteiger partial charge in [0.05, 0.1) is 12.7 Å². The molecule has 0 saturated carbocycles. The average Bonchev–Trinajstić information content (AvgIpc) is 3.28. The summed E-state index contributed by atoms with van der Waals surface area (Å²) < 4.78 is 37.9. The number of β-amino-alcohol motifs (C(OH)–C–C–N with tert-alkyl or cyclic N) is 1. The van der Waals surface area contributed by atoms with E-state index < -0.39 is 22.1 Å². The highest BCUT2D eigenvalue weighted by Gasteiger charge is 2.31. The van der Waals surface area contributed by atoms with Crippen molar-refractivity contribution in [1.82, 2.24) is 9.21 Å². The minimum Gasteiger partial charge on any atom is -0.491 e. The van der Waals surface area contributed by atoms with Gasteiger partial charge >= 0.3 is 5.97 Å². The van der Waals surface area contributed by atoms with Crippen molar-refractivity contribution in [2.75, 3.05) is 46.4 Å². The zero-order valence-electron chi connectivity index (χ0n) is 19.5. The molecule has 33 heavy (non-hydrogen) atoms. The molecule has 0 radical (unpaired) electrons. The maximum absolute atomic E-state index is 12.9. The molecule has 1 fully saturated rings. The van der Waals surface area contributed by atoms with Gasteiger partial charge in [-0.25, -0.2) is 13.2 Å². The van der Waals surface area contributed by atoms with Gasteiger partial charge in [0.15, 0.2) is 0 Å². The lowest BCUT2D eigenvalue weighted by molar-refractivity contribution is 0.0563. The molecular formula is C23H32N2O6S2. The highest BCUT2D eigenvalue weighted by atomic mass is 32.2. The van der Waals surface area contributed by atoms with Gasteiger partial charge < -0.3 is 14.6 Å². The molecule has 1 atom stereocenters. The Kier molecular flexibility index (Phi) is 8.17. The Morgan fingerprint density at radius 2 is 1.85 bits per heavy atom. The minimum atomic E-state index is -3.67. The summed E-state index contributed by atoms with van der Waals surface area (Å²) >= 11 is 1.01. The molecule has 8 nitrogen and oxygen atoms in total. The number of nitrogens with zero attached hydrogens (tertiary/aromatic N) is 2. The summed E-state index contributed by atoms with van der Waals surface area (Å²) in [5.74, 6) is 0.209. The maximum Gasteiger partial charge on any atom is 0.338 e. The van der Waals surface area contributed by atoms with Gasteiger partial charge in [-0.1, -0.05) is 39.0 Å². The van der Waals surface area contributed by atoms with Crippen molar-refractivity contribution in [2.45, 2.75) is 36.5 Å². The van der Waals surface area contributed by atoms with Crippen molar-refractivity contribution >= 4 is 27.3 Å². The van der Waals surface area contributed by atoms with Crippen molar-refractivity contribution in [2.24, 2.45) is 0 Å². The predicted octanol–water partition coefficient (Wildman–Crippen LogP) is 2.58. The third-order valence-electron chi connectivity index (χ3n) is 5.52. The summed E-state index contributed by atoms with van der Waals surface area (Å²) in [6, 6.07) is 9.19. The van der Waals surface area contributed by atoms with Crippen LogP contribution in [0.2, 0.25) is 0 Å². The largest absolute Gasteiger partial charge is 0.491 e. The van der Waals surface area contributed by atoms with Crippen LogP contribution in [0.1, 0.15) is 36.7 Å². The number of carbonyl (C=O) groups is 1. The first kappa shape index (κ1) is 25.6. The number of benzene rings is 1. The van der Waals surface area contributed by atoms with Crippen LogP contribution in [-0.4, -0.2) is 81.2 Å². The van der Waals surface area contributed by atoms with Gasteiger partial charge in [-0.2, -0.15) is 4.31 Å². The van der Waals surface area contributed by atoms with Crippen LogP contribution in [-0.2, 0) is 20.2 Å². The summed E-state index contributed by atoms with van der Waals surface area (Å²) in [5.41, 5.74) is 1.25. The van der Waals surface area contributed by atoms with Crippen molar-refractivity contribution in [3.63, 3.8) is 0 Å². The minimum absolute atomic E-state index is 0.0659. The molecule has 0 bridgehead atoms. The first-order valence-electron chi connectivity index (χ1n) is 10.8. The van der Waals surface area contributed by atoms with E-state index in [-0.39, 0.29) is 21.8 Å². The molecule has 10 heteroatoms. The lowest BCUT2D eigenvalue weighted by Gasteiger charge is -2.34. The molecule has 1 aliphatic rings. The van der Waals surface area contributed by atoms with Gasteiger partial charge in [-0.05, 0) is 23.1 Å². The summed E-state index contributed by atoms with van der Waals surface area (Å²) in [4.78, 5) is 13.7. The fraction of sp³-hybridized carbons (Fsp3) is 0.522. The number of hydrogen-bond donors (Lipinski definition) is 1. The normalized spacial score (nSPS) is 17.0. The number of rotatable bonds is 8. The number of piperazine rings is 1. The van der Waals surface area contributed by atoms with Crippen molar-refractivity contribution in [3.05, 3.63) is 46.8 Å². The van der Waals surface area contributed by atoms with Gasteiger partial charge in [0.1, 0.15) is 22.7 Å². The van der Waals surface area contributed by atoms with Crippen molar-refractivity contribution < 1.29 is 27.8 Å². The SMILES string of the molecule is COC(=O)c1csc(S(=O)(=O)N2CCN(CC(O)COc3ccccc3C(C)(C)C)CC2)c1. The molecule has 1 aliphatic heterocycles. The highest BCUT2D eigenvalue weighted by Crippen LogP contribution is 2.31. The Bertz CT molecular complexity index is 1050. The quantitative estimate of drug-likeness (QED) is 0.561. The van der Waals surface area contributed by atoms with Gasteiger partial charge in [0.2, 0.25) is 0 Å². The molecule has 182 valence electrons. The Morgan fingerprint density at radius 3 is 2.48 bits per heavy atom. The van der Waals surface area contributed by atoms with E-state index in [2.05, 4.69) is 25.5 Å². The third-order valence-corrected chi connectivity index (χ3v) is 8.83. The topological polar surface area (TPSA) is 96.4 Å². The fourth-order valence-electron chi connectivity index (χ4n) is 3.71. The average molecular weight is 497 g/mol. The zero-order chi connectivity index (χ0) is 24.2. The van der Waals surface area contributed by atoms with Crippen LogP contribution in [0.5, 0.6) is 5.75 Å². The standard InChI is InChI=1S/C23H32N2O6S2/c1-23(2,3)19-7-5-6-8-20(19)31-15-18(26)14-24-9-11-25(12-10-24)33(28,29)21-13-17(16-32-21)22(27)30-4/h5-8,13,16,18,26H,9-12,14-15H2,1-4H3. The van der Waals surface area contributed by atoms with Crippen LogP contribution in [0.3, 0.4) is 0 Å².